The molecule has 0 heterocycles. The van der Waals surface area contributed by atoms with E-state index in [9.17, 15) is 10.2 Å². The second kappa shape index (κ2) is 7.56. The van der Waals surface area contributed by atoms with Crippen LogP contribution in [0.1, 0.15) is 52.4 Å². The summed E-state index contributed by atoms with van der Waals surface area (Å²) in [6, 6.07) is 0. The maximum atomic E-state index is 9.43. The monoisotopic (exact) mass is 174 g/mol. The van der Waals surface area contributed by atoms with Gasteiger partial charge in [-0.15, -0.1) is 0 Å². The summed E-state index contributed by atoms with van der Waals surface area (Å²) in [5, 5.41) is 18.9. The van der Waals surface area contributed by atoms with Gasteiger partial charge in [0, 0.05) is 0 Å². The Bertz CT molecular complexity index is 81.8. The van der Waals surface area contributed by atoms with E-state index in [0.29, 0.717) is 0 Å². The van der Waals surface area contributed by atoms with E-state index in [2.05, 4.69) is 13.8 Å². The van der Waals surface area contributed by atoms with Gasteiger partial charge < -0.3 is 10.2 Å². The second-order valence-electron chi connectivity index (χ2n) is 3.42. The van der Waals surface area contributed by atoms with Crippen molar-refractivity contribution in [3.63, 3.8) is 0 Å². The summed E-state index contributed by atoms with van der Waals surface area (Å²) in [5.41, 5.74) is 0. The predicted octanol–water partition coefficient (Wildman–Crippen LogP) is 2.09. The van der Waals surface area contributed by atoms with Crippen LogP contribution < -0.4 is 0 Å². The van der Waals surface area contributed by atoms with Gasteiger partial charge in [0.2, 0.25) is 0 Å². The van der Waals surface area contributed by atoms with Crippen LogP contribution in [0.5, 0.6) is 0 Å². The molecule has 2 heteroatoms. The quantitative estimate of drug-likeness (QED) is 0.620. The van der Waals surface area contributed by atoms with Crippen molar-refractivity contribution >= 4 is 0 Å². The van der Waals surface area contributed by atoms with Crippen molar-refractivity contribution < 1.29 is 10.2 Å². The van der Waals surface area contributed by atoms with Crippen molar-refractivity contribution in [1.82, 2.24) is 0 Å². The van der Waals surface area contributed by atoms with Crippen molar-refractivity contribution in [2.45, 2.75) is 64.6 Å². The molecule has 0 amide bonds. The van der Waals surface area contributed by atoms with E-state index in [1.165, 1.54) is 0 Å². The molecule has 2 N–H and O–H groups in total. The van der Waals surface area contributed by atoms with E-state index in [1.54, 1.807) is 0 Å². The van der Waals surface area contributed by atoms with E-state index >= 15 is 0 Å². The Balaban J connectivity index is 3.39. The standard InChI is InChI=1S/C10H22O2/c1-3-5-7-9(11)10(12)8-6-4-2/h9-12H,3-8H2,1-2H3/t9-,10?/m0/s1. The molecule has 0 aliphatic rings. The van der Waals surface area contributed by atoms with Gasteiger partial charge in [-0.3, -0.25) is 0 Å². The molecule has 0 aromatic carbocycles. The molecule has 1 unspecified atom stereocenters. The van der Waals surface area contributed by atoms with Crippen LogP contribution in [0, 0.1) is 0 Å². The Morgan fingerprint density at radius 2 is 1.17 bits per heavy atom. The molecule has 0 saturated carbocycles. The third-order valence-electron chi connectivity index (χ3n) is 2.15. The van der Waals surface area contributed by atoms with Crippen LogP contribution in [0.15, 0.2) is 0 Å². The van der Waals surface area contributed by atoms with Gasteiger partial charge in [0.05, 0.1) is 12.2 Å². The molecule has 0 rings (SSSR count). The van der Waals surface area contributed by atoms with E-state index in [1.807, 2.05) is 0 Å². The molecule has 0 saturated heterocycles. The summed E-state index contributed by atoms with van der Waals surface area (Å²) in [5.74, 6) is 0. The molecule has 0 bridgehead atoms. The second-order valence-corrected chi connectivity index (χ2v) is 3.42. The zero-order valence-corrected chi connectivity index (χ0v) is 8.29. The zero-order valence-electron chi connectivity index (χ0n) is 8.29. The highest BCUT2D eigenvalue weighted by Crippen LogP contribution is 2.10. The third-order valence-corrected chi connectivity index (χ3v) is 2.15. The molecule has 0 spiro atoms. The van der Waals surface area contributed by atoms with Crippen LogP contribution in [-0.2, 0) is 0 Å². The molecular formula is C10H22O2. The molecule has 2 nitrogen and oxygen atoms in total. The molecule has 0 aromatic heterocycles. The number of aliphatic hydroxyl groups is 2. The minimum Gasteiger partial charge on any atom is -0.390 e. The molecular weight excluding hydrogens is 152 g/mol. The maximum Gasteiger partial charge on any atom is 0.0799 e. The minimum atomic E-state index is -0.503. The van der Waals surface area contributed by atoms with Crippen molar-refractivity contribution in [1.29, 1.82) is 0 Å². The number of hydrogen-bond acceptors (Lipinski definition) is 2. The minimum absolute atomic E-state index is 0.503. The van der Waals surface area contributed by atoms with Crippen molar-refractivity contribution in [3.8, 4) is 0 Å². The largest absolute Gasteiger partial charge is 0.390 e. The first-order valence-corrected chi connectivity index (χ1v) is 5.08. The Hall–Kier alpha value is -0.0800. The fourth-order valence-corrected chi connectivity index (χ4v) is 1.21. The SMILES string of the molecule is CCCCC(O)[C@@H](O)CCCC. The number of aliphatic hydroxyl groups excluding tert-OH is 2. The lowest BCUT2D eigenvalue weighted by molar-refractivity contribution is 0.00764. The highest BCUT2D eigenvalue weighted by atomic mass is 16.3. The van der Waals surface area contributed by atoms with Crippen LogP contribution in [0.25, 0.3) is 0 Å². The summed E-state index contributed by atoms with van der Waals surface area (Å²) in [7, 11) is 0. The third kappa shape index (κ3) is 5.56. The molecule has 74 valence electrons. The van der Waals surface area contributed by atoms with Gasteiger partial charge in [-0.1, -0.05) is 39.5 Å². The first-order chi connectivity index (χ1) is 5.72. The lowest BCUT2D eigenvalue weighted by Gasteiger charge is -2.16. The number of hydrogen-bond donors (Lipinski definition) is 2. The van der Waals surface area contributed by atoms with Crippen molar-refractivity contribution in [2.24, 2.45) is 0 Å². The van der Waals surface area contributed by atoms with E-state index in [0.717, 1.165) is 38.5 Å². The molecule has 0 aliphatic heterocycles. The molecule has 12 heavy (non-hydrogen) atoms. The molecule has 0 aromatic rings. The highest BCUT2D eigenvalue weighted by molar-refractivity contribution is 4.66. The summed E-state index contributed by atoms with van der Waals surface area (Å²) in [4.78, 5) is 0. The summed E-state index contributed by atoms with van der Waals surface area (Å²) in [6.07, 6.45) is 4.64. The Labute approximate surface area is 75.6 Å². The van der Waals surface area contributed by atoms with Crippen molar-refractivity contribution in [3.05, 3.63) is 0 Å². The van der Waals surface area contributed by atoms with Gasteiger partial charge in [0.15, 0.2) is 0 Å². The topological polar surface area (TPSA) is 40.5 Å². The van der Waals surface area contributed by atoms with Gasteiger partial charge in [-0.25, -0.2) is 0 Å². The van der Waals surface area contributed by atoms with Crippen LogP contribution in [0.3, 0.4) is 0 Å². The highest BCUT2D eigenvalue weighted by Gasteiger charge is 2.14. The van der Waals surface area contributed by atoms with E-state index in [-0.39, 0.29) is 0 Å². The first-order valence-electron chi connectivity index (χ1n) is 5.08. The van der Waals surface area contributed by atoms with Crippen molar-refractivity contribution in [2.75, 3.05) is 0 Å². The summed E-state index contributed by atoms with van der Waals surface area (Å²) < 4.78 is 0. The maximum absolute atomic E-state index is 9.43. The van der Waals surface area contributed by atoms with Gasteiger partial charge in [-0.2, -0.15) is 0 Å². The molecule has 0 radical (unpaired) electrons. The van der Waals surface area contributed by atoms with Gasteiger partial charge in [-0.05, 0) is 12.8 Å². The van der Waals surface area contributed by atoms with Gasteiger partial charge in [0.1, 0.15) is 0 Å². The molecule has 0 fully saturated rings. The van der Waals surface area contributed by atoms with E-state index in [4.69, 9.17) is 0 Å². The molecule has 2 atom stereocenters. The number of unbranched alkanes of at least 4 members (excludes halogenated alkanes) is 2. The Kier molecular flexibility index (Phi) is 7.51. The first kappa shape index (κ1) is 11.9. The average molecular weight is 174 g/mol. The average Bonchev–Trinajstić information content (AvgIpc) is 2.10. The van der Waals surface area contributed by atoms with Gasteiger partial charge in [0.25, 0.3) is 0 Å². The normalized spacial score (nSPS) is 16.0. The zero-order chi connectivity index (χ0) is 9.40. The molecule has 0 aliphatic carbocycles. The van der Waals surface area contributed by atoms with Crippen LogP contribution in [0.4, 0.5) is 0 Å². The lowest BCUT2D eigenvalue weighted by Crippen LogP contribution is -2.25. The number of rotatable bonds is 7. The predicted molar refractivity (Wildman–Crippen MR) is 51.1 cm³/mol. The van der Waals surface area contributed by atoms with Crippen LogP contribution in [0.2, 0.25) is 0 Å². The van der Waals surface area contributed by atoms with Crippen LogP contribution >= 0.6 is 0 Å². The Morgan fingerprint density at radius 1 is 0.833 bits per heavy atom. The van der Waals surface area contributed by atoms with Gasteiger partial charge >= 0.3 is 0 Å². The van der Waals surface area contributed by atoms with E-state index < -0.39 is 12.2 Å². The smallest absolute Gasteiger partial charge is 0.0799 e. The fourth-order valence-electron chi connectivity index (χ4n) is 1.21. The summed E-state index contributed by atoms with van der Waals surface area (Å²) in [6.45, 7) is 4.18. The summed E-state index contributed by atoms with van der Waals surface area (Å²) >= 11 is 0. The Morgan fingerprint density at radius 3 is 1.42 bits per heavy atom. The fraction of sp³-hybridized carbons (Fsp3) is 1.00. The lowest BCUT2D eigenvalue weighted by atomic mass is 10.0. The van der Waals surface area contributed by atoms with Crippen LogP contribution in [-0.4, -0.2) is 22.4 Å².